The van der Waals surface area contributed by atoms with Crippen molar-refractivity contribution in [3.8, 4) is 0 Å². The van der Waals surface area contributed by atoms with Crippen LogP contribution in [0.3, 0.4) is 0 Å². The standard InChI is InChI=1S/C13H20N2O2/c1-13(2,3)15-12(16)17-9-11(14)10-7-5-4-6-8-10/h4-8,11H,9,14H2,1-3H3,(H,15,16). The van der Waals surface area contributed by atoms with Crippen molar-refractivity contribution in [2.75, 3.05) is 6.61 Å². The second-order valence-electron chi connectivity index (χ2n) is 4.99. The normalized spacial score (nSPS) is 12.9. The van der Waals surface area contributed by atoms with Crippen LogP contribution in [0.25, 0.3) is 0 Å². The molecule has 0 radical (unpaired) electrons. The Balaban J connectivity index is 2.39. The van der Waals surface area contributed by atoms with Crippen LogP contribution in [-0.2, 0) is 4.74 Å². The van der Waals surface area contributed by atoms with Crippen LogP contribution in [0.2, 0.25) is 0 Å². The highest BCUT2D eigenvalue weighted by Gasteiger charge is 2.15. The van der Waals surface area contributed by atoms with Crippen LogP contribution in [0.4, 0.5) is 4.79 Å². The van der Waals surface area contributed by atoms with Crippen LogP contribution in [0.5, 0.6) is 0 Å². The number of hydrogen-bond acceptors (Lipinski definition) is 3. The van der Waals surface area contributed by atoms with Gasteiger partial charge in [0.25, 0.3) is 0 Å². The van der Waals surface area contributed by atoms with Crippen LogP contribution in [-0.4, -0.2) is 18.2 Å². The predicted molar refractivity (Wildman–Crippen MR) is 67.6 cm³/mol. The predicted octanol–water partition coefficient (Wildman–Crippen LogP) is 2.21. The smallest absolute Gasteiger partial charge is 0.407 e. The number of ether oxygens (including phenoxy) is 1. The zero-order valence-corrected chi connectivity index (χ0v) is 10.6. The van der Waals surface area contributed by atoms with E-state index in [0.29, 0.717) is 0 Å². The van der Waals surface area contributed by atoms with E-state index in [1.807, 2.05) is 51.1 Å². The van der Waals surface area contributed by atoms with Gasteiger partial charge in [-0.25, -0.2) is 4.79 Å². The number of carbonyl (C=O) groups is 1. The van der Waals surface area contributed by atoms with E-state index in [9.17, 15) is 4.79 Å². The Morgan fingerprint density at radius 3 is 2.47 bits per heavy atom. The first-order valence-electron chi connectivity index (χ1n) is 5.64. The summed E-state index contributed by atoms with van der Waals surface area (Å²) in [6.07, 6.45) is -0.441. The molecule has 3 N–H and O–H groups in total. The molecule has 0 saturated heterocycles. The zero-order valence-electron chi connectivity index (χ0n) is 10.6. The molecule has 94 valence electrons. The van der Waals surface area contributed by atoms with Crippen molar-refractivity contribution in [1.29, 1.82) is 0 Å². The van der Waals surface area contributed by atoms with Gasteiger partial charge in [0, 0.05) is 5.54 Å². The van der Waals surface area contributed by atoms with Crippen molar-refractivity contribution in [3.05, 3.63) is 35.9 Å². The molecule has 0 fully saturated rings. The van der Waals surface area contributed by atoms with Gasteiger partial charge < -0.3 is 15.8 Å². The maximum Gasteiger partial charge on any atom is 0.407 e. The number of alkyl carbamates (subject to hydrolysis) is 1. The van der Waals surface area contributed by atoms with Crippen LogP contribution in [0.15, 0.2) is 30.3 Å². The summed E-state index contributed by atoms with van der Waals surface area (Å²) in [5.74, 6) is 0. The maximum absolute atomic E-state index is 11.4. The highest BCUT2D eigenvalue weighted by atomic mass is 16.5. The second kappa shape index (κ2) is 5.68. The summed E-state index contributed by atoms with van der Waals surface area (Å²) in [5, 5.41) is 2.71. The van der Waals surface area contributed by atoms with Gasteiger partial charge in [0.05, 0.1) is 6.04 Å². The third kappa shape index (κ3) is 5.36. The monoisotopic (exact) mass is 236 g/mol. The number of nitrogens with two attached hydrogens (primary N) is 1. The third-order valence-electron chi connectivity index (χ3n) is 2.10. The molecule has 1 unspecified atom stereocenters. The van der Waals surface area contributed by atoms with E-state index < -0.39 is 6.09 Å². The van der Waals surface area contributed by atoms with Crippen molar-refractivity contribution in [2.24, 2.45) is 5.73 Å². The van der Waals surface area contributed by atoms with Crippen molar-refractivity contribution in [3.63, 3.8) is 0 Å². The van der Waals surface area contributed by atoms with Gasteiger partial charge >= 0.3 is 6.09 Å². The Kier molecular flexibility index (Phi) is 4.52. The Morgan fingerprint density at radius 1 is 1.35 bits per heavy atom. The fourth-order valence-corrected chi connectivity index (χ4v) is 1.30. The molecule has 0 heterocycles. The highest BCUT2D eigenvalue weighted by molar-refractivity contribution is 5.68. The van der Waals surface area contributed by atoms with Gasteiger partial charge in [0.2, 0.25) is 0 Å². The van der Waals surface area contributed by atoms with Crippen molar-refractivity contribution in [2.45, 2.75) is 32.4 Å². The Bertz CT molecular complexity index is 357. The molecule has 0 aromatic heterocycles. The second-order valence-corrected chi connectivity index (χ2v) is 4.99. The Labute approximate surface area is 102 Å². The third-order valence-corrected chi connectivity index (χ3v) is 2.10. The van der Waals surface area contributed by atoms with E-state index in [1.165, 1.54) is 0 Å². The molecule has 1 aromatic carbocycles. The van der Waals surface area contributed by atoms with E-state index in [4.69, 9.17) is 10.5 Å². The first kappa shape index (κ1) is 13.5. The van der Waals surface area contributed by atoms with Crippen LogP contribution < -0.4 is 11.1 Å². The number of amides is 1. The lowest BCUT2D eigenvalue weighted by Crippen LogP contribution is -2.41. The quantitative estimate of drug-likeness (QED) is 0.845. The summed E-state index contributed by atoms with van der Waals surface area (Å²) in [5.41, 5.74) is 6.56. The molecule has 4 nitrogen and oxygen atoms in total. The SMILES string of the molecule is CC(C)(C)NC(=O)OCC(N)c1ccccc1. The molecule has 1 aromatic rings. The highest BCUT2D eigenvalue weighted by Crippen LogP contribution is 2.09. The topological polar surface area (TPSA) is 64.3 Å². The number of nitrogens with one attached hydrogen (secondary N) is 1. The van der Waals surface area contributed by atoms with Crippen molar-refractivity contribution in [1.82, 2.24) is 5.32 Å². The molecule has 1 atom stereocenters. The lowest BCUT2D eigenvalue weighted by Gasteiger charge is -2.21. The molecule has 1 amide bonds. The molecular weight excluding hydrogens is 216 g/mol. The molecule has 4 heteroatoms. The minimum Gasteiger partial charge on any atom is -0.448 e. The first-order chi connectivity index (χ1) is 7.88. The van der Waals surface area contributed by atoms with Crippen molar-refractivity contribution >= 4 is 6.09 Å². The summed E-state index contributed by atoms with van der Waals surface area (Å²) >= 11 is 0. The number of hydrogen-bond donors (Lipinski definition) is 2. The van der Waals surface area contributed by atoms with Gasteiger partial charge in [-0.3, -0.25) is 0 Å². The fourth-order valence-electron chi connectivity index (χ4n) is 1.30. The van der Waals surface area contributed by atoms with Crippen LogP contribution in [0.1, 0.15) is 32.4 Å². The van der Waals surface area contributed by atoms with Gasteiger partial charge in [-0.1, -0.05) is 30.3 Å². The van der Waals surface area contributed by atoms with E-state index in [-0.39, 0.29) is 18.2 Å². The minimum atomic E-state index is -0.441. The van der Waals surface area contributed by atoms with Gasteiger partial charge in [-0.15, -0.1) is 0 Å². The Morgan fingerprint density at radius 2 is 1.94 bits per heavy atom. The summed E-state index contributed by atoms with van der Waals surface area (Å²) < 4.78 is 5.06. The molecule has 0 aliphatic rings. The maximum atomic E-state index is 11.4. The van der Waals surface area contributed by atoms with Gasteiger partial charge in [-0.2, -0.15) is 0 Å². The van der Waals surface area contributed by atoms with E-state index in [2.05, 4.69) is 5.32 Å². The molecule has 0 aliphatic carbocycles. The van der Waals surface area contributed by atoms with Crippen LogP contribution in [0, 0.1) is 0 Å². The Hall–Kier alpha value is -1.55. The van der Waals surface area contributed by atoms with Gasteiger partial charge in [-0.05, 0) is 26.3 Å². The van der Waals surface area contributed by atoms with Gasteiger partial charge in [0.15, 0.2) is 0 Å². The molecule has 0 bridgehead atoms. The summed E-state index contributed by atoms with van der Waals surface area (Å²) in [4.78, 5) is 11.4. The number of benzene rings is 1. The van der Waals surface area contributed by atoms with E-state index >= 15 is 0 Å². The van der Waals surface area contributed by atoms with Gasteiger partial charge in [0.1, 0.15) is 6.61 Å². The number of carbonyl (C=O) groups excluding carboxylic acids is 1. The zero-order chi connectivity index (χ0) is 12.9. The molecular formula is C13H20N2O2. The number of rotatable bonds is 3. The summed E-state index contributed by atoms with van der Waals surface area (Å²) in [6, 6.07) is 9.27. The fraction of sp³-hybridized carbons (Fsp3) is 0.462. The molecule has 0 spiro atoms. The molecule has 0 saturated carbocycles. The average molecular weight is 236 g/mol. The lowest BCUT2D eigenvalue weighted by molar-refractivity contribution is 0.131. The summed E-state index contributed by atoms with van der Waals surface area (Å²) in [7, 11) is 0. The lowest BCUT2D eigenvalue weighted by atomic mass is 10.1. The first-order valence-corrected chi connectivity index (χ1v) is 5.64. The van der Waals surface area contributed by atoms with Crippen molar-refractivity contribution < 1.29 is 9.53 Å². The largest absolute Gasteiger partial charge is 0.448 e. The van der Waals surface area contributed by atoms with E-state index in [0.717, 1.165) is 5.56 Å². The summed E-state index contributed by atoms with van der Waals surface area (Å²) in [6.45, 7) is 5.86. The van der Waals surface area contributed by atoms with E-state index in [1.54, 1.807) is 0 Å². The molecule has 0 aliphatic heterocycles. The minimum absolute atomic E-state index is 0.173. The van der Waals surface area contributed by atoms with Crippen LogP contribution >= 0.6 is 0 Å². The average Bonchev–Trinajstić information content (AvgIpc) is 2.25. The molecule has 17 heavy (non-hydrogen) atoms. The molecule has 1 rings (SSSR count).